The van der Waals surface area contributed by atoms with E-state index in [0.717, 1.165) is 16.5 Å². The van der Waals surface area contributed by atoms with Crippen molar-refractivity contribution in [3.63, 3.8) is 0 Å². The van der Waals surface area contributed by atoms with Crippen LogP contribution in [0.2, 0.25) is 0 Å². The molecule has 1 amide bonds. The molecule has 94 valence electrons. The molecular weight excluding hydrogens is 242 g/mol. The molecule has 0 aliphatic carbocycles. The van der Waals surface area contributed by atoms with E-state index in [1.54, 1.807) is 0 Å². The van der Waals surface area contributed by atoms with E-state index in [1.807, 2.05) is 24.3 Å². The minimum absolute atomic E-state index is 0.223. The van der Waals surface area contributed by atoms with Crippen molar-refractivity contribution >= 4 is 16.8 Å². The lowest BCUT2D eigenvalue weighted by molar-refractivity contribution is 0.0932. The Balaban J connectivity index is 2.26. The van der Waals surface area contributed by atoms with Crippen LogP contribution in [0.25, 0.3) is 10.9 Å². The highest BCUT2D eigenvalue weighted by Gasteiger charge is 2.25. The molecule has 3 rings (SSSR count). The van der Waals surface area contributed by atoms with E-state index >= 15 is 0 Å². The normalized spacial score (nSPS) is 14.6. The Morgan fingerprint density at radius 2 is 2.16 bits per heavy atom. The third-order valence-electron chi connectivity index (χ3n) is 3.23. The second-order valence-corrected chi connectivity index (χ2v) is 4.28. The lowest BCUT2D eigenvalue weighted by atomic mass is 10.0. The minimum atomic E-state index is -0.284. The number of nitrogens with one attached hydrogen (secondary N) is 2. The SMILES string of the molecule is COC1=C(C#N)Cc2c([nH]c3ccccc23)C(=O)N1. The molecule has 1 aromatic heterocycles. The number of fused-ring (bicyclic) bond motifs is 3. The fraction of sp³-hybridized carbons (Fsp3) is 0.143. The van der Waals surface area contributed by atoms with Crippen LogP contribution in [-0.2, 0) is 11.2 Å². The van der Waals surface area contributed by atoms with Crippen LogP contribution in [0.3, 0.4) is 0 Å². The third-order valence-corrected chi connectivity index (χ3v) is 3.23. The first-order valence-electron chi connectivity index (χ1n) is 5.82. The maximum atomic E-state index is 12.1. The van der Waals surface area contributed by atoms with Crippen LogP contribution in [-0.4, -0.2) is 18.0 Å². The van der Waals surface area contributed by atoms with Gasteiger partial charge in [0.05, 0.1) is 12.7 Å². The summed E-state index contributed by atoms with van der Waals surface area (Å²) in [5.41, 5.74) is 2.62. The molecule has 0 atom stereocenters. The molecule has 0 saturated carbocycles. The van der Waals surface area contributed by atoms with Crippen LogP contribution in [0.5, 0.6) is 0 Å². The molecule has 0 spiro atoms. The van der Waals surface area contributed by atoms with Crippen LogP contribution < -0.4 is 5.32 Å². The summed E-state index contributed by atoms with van der Waals surface area (Å²) in [6.45, 7) is 0. The third kappa shape index (κ3) is 1.66. The number of nitrogens with zero attached hydrogens (tertiary/aromatic N) is 1. The van der Waals surface area contributed by atoms with Gasteiger partial charge in [-0.05, 0) is 11.6 Å². The zero-order valence-corrected chi connectivity index (χ0v) is 10.3. The summed E-state index contributed by atoms with van der Waals surface area (Å²) in [7, 11) is 1.44. The summed E-state index contributed by atoms with van der Waals surface area (Å²) >= 11 is 0. The van der Waals surface area contributed by atoms with E-state index in [4.69, 9.17) is 4.74 Å². The molecule has 1 aliphatic rings. The number of carbonyl (C=O) groups is 1. The number of ether oxygens (including phenoxy) is 1. The molecule has 5 nitrogen and oxygen atoms in total. The summed E-state index contributed by atoms with van der Waals surface area (Å²) in [5, 5.41) is 12.8. The highest BCUT2D eigenvalue weighted by atomic mass is 16.5. The van der Waals surface area contributed by atoms with Crippen molar-refractivity contribution in [2.75, 3.05) is 7.11 Å². The van der Waals surface area contributed by atoms with Gasteiger partial charge in [0.1, 0.15) is 11.8 Å². The number of amides is 1. The van der Waals surface area contributed by atoms with E-state index < -0.39 is 0 Å². The Hall–Kier alpha value is -2.74. The maximum absolute atomic E-state index is 12.1. The topological polar surface area (TPSA) is 77.9 Å². The van der Waals surface area contributed by atoms with Gasteiger partial charge in [-0.1, -0.05) is 18.2 Å². The van der Waals surface area contributed by atoms with Crippen molar-refractivity contribution in [1.29, 1.82) is 5.26 Å². The van der Waals surface area contributed by atoms with Gasteiger partial charge in [-0.2, -0.15) is 5.26 Å². The quantitative estimate of drug-likeness (QED) is 0.813. The maximum Gasteiger partial charge on any atom is 0.274 e. The van der Waals surface area contributed by atoms with Crippen LogP contribution >= 0.6 is 0 Å². The summed E-state index contributed by atoms with van der Waals surface area (Å²) in [6.07, 6.45) is 0.373. The van der Waals surface area contributed by atoms with Gasteiger partial charge in [0.2, 0.25) is 5.88 Å². The smallest absolute Gasteiger partial charge is 0.274 e. The molecule has 2 aromatic rings. The second-order valence-electron chi connectivity index (χ2n) is 4.28. The molecular formula is C14H11N3O2. The molecule has 1 aliphatic heterocycles. The fourth-order valence-corrected chi connectivity index (χ4v) is 2.34. The Kier molecular flexibility index (Phi) is 2.50. The molecule has 2 heterocycles. The van der Waals surface area contributed by atoms with Crippen molar-refractivity contribution in [2.24, 2.45) is 0 Å². The molecule has 0 saturated heterocycles. The number of allylic oxidation sites excluding steroid dienone is 1. The first-order valence-corrected chi connectivity index (χ1v) is 5.82. The Bertz CT molecular complexity index is 750. The number of methoxy groups -OCH3 is 1. The molecule has 1 aromatic carbocycles. The first-order chi connectivity index (χ1) is 9.24. The van der Waals surface area contributed by atoms with Gasteiger partial charge < -0.3 is 9.72 Å². The largest absolute Gasteiger partial charge is 0.482 e. The first kappa shape index (κ1) is 11.4. The second kappa shape index (κ2) is 4.18. The predicted octanol–water partition coefficient (Wildman–Crippen LogP) is 1.84. The van der Waals surface area contributed by atoms with Gasteiger partial charge in [-0.25, -0.2) is 0 Å². The van der Waals surface area contributed by atoms with Crippen molar-refractivity contribution in [3.8, 4) is 6.07 Å². The van der Waals surface area contributed by atoms with Gasteiger partial charge in [-0.3, -0.25) is 10.1 Å². The summed E-state index contributed by atoms with van der Waals surface area (Å²) < 4.78 is 5.07. The molecule has 2 N–H and O–H groups in total. The van der Waals surface area contributed by atoms with Crippen molar-refractivity contribution in [3.05, 3.63) is 47.0 Å². The molecule has 5 heteroatoms. The molecule has 0 bridgehead atoms. The average Bonchev–Trinajstić information content (AvgIpc) is 2.74. The molecule has 0 fully saturated rings. The Morgan fingerprint density at radius 3 is 2.89 bits per heavy atom. The number of aromatic amines is 1. The Labute approximate surface area is 109 Å². The summed E-state index contributed by atoms with van der Waals surface area (Å²) in [4.78, 5) is 15.2. The average molecular weight is 253 g/mol. The van der Waals surface area contributed by atoms with E-state index in [9.17, 15) is 10.1 Å². The van der Waals surface area contributed by atoms with Gasteiger partial charge >= 0.3 is 0 Å². The number of hydrogen-bond donors (Lipinski definition) is 2. The van der Waals surface area contributed by atoms with E-state index in [2.05, 4.69) is 16.4 Å². The van der Waals surface area contributed by atoms with Gasteiger partial charge in [0.25, 0.3) is 5.91 Å². The highest BCUT2D eigenvalue weighted by Crippen LogP contribution is 2.27. The van der Waals surface area contributed by atoms with E-state index in [0.29, 0.717) is 17.7 Å². The summed E-state index contributed by atoms with van der Waals surface area (Å²) in [6, 6.07) is 9.74. The molecule has 19 heavy (non-hydrogen) atoms. The van der Waals surface area contributed by atoms with Crippen molar-refractivity contribution in [1.82, 2.24) is 10.3 Å². The zero-order chi connectivity index (χ0) is 13.4. The van der Waals surface area contributed by atoms with Crippen LogP contribution in [0.15, 0.2) is 35.7 Å². The Morgan fingerprint density at radius 1 is 1.37 bits per heavy atom. The lowest BCUT2D eigenvalue weighted by Crippen LogP contribution is -2.24. The van der Waals surface area contributed by atoms with Crippen molar-refractivity contribution < 1.29 is 9.53 Å². The zero-order valence-electron chi connectivity index (χ0n) is 10.3. The van der Waals surface area contributed by atoms with E-state index in [-0.39, 0.29) is 11.8 Å². The van der Waals surface area contributed by atoms with Crippen molar-refractivity contribution in [2.45, 2.75) is 6.42 Å². The number of para-hydroxylation sites is 1. The number of H-pyrrole nitrogens is 1. The molecule has 0 radical (unpaired) electrons. The number of rotatable bonds is 1. The van der Waals surface area contributed by atoms with Crippen LogP contribution in [0, 0.1) is 11.3 Å². The fourth-order valence-electron chi connectivity index (χ4n) is 2.34. The lowest BCUT2D eigenvalue weighted by Gasteiger charge is -2.06. The van der Waals surface area contributed by atoms with Gasteiger partial charge in [0, 0.05) is 17.3 Å². The number of nitriles is 1. The monoisotopic (exact) mass is 253 g/mol. The highest BCUT2D eigenvalue weighted by molar-refractivity contribution is 6.02. The van der Waals surface area contributed by atoms with Crippen LogP contribution in [0.1, 0.15) is 16.1 Å². The molecule has 0 unspecified atom stereocenters. The van der Waals surface area contributed by atoms with Gasteiger partial charge in [-0.15, -0.1) is 0 Å². The number of hydrogen-bond acceptors (Lipinski definition) is 3. The van der Waals surface area contributed by atoms with Gasteiger partial charge in [0.15, 0.2) is 0 Å². The summed E-state index contributed by atoms with van der Waals surface area (Å²) in [5.74, 6) is -0.0607. The standard InChI is InChI=1S/C14H11N3O2/c1-19-14-8(7-15)6-10-9-4-2-3-5-11(9)16-12(10)13(18)17-14/h2-5,16H,6H2,1H3,(H,17,18). The number of aromatic nitrogens is 1. The predicted molar refractivity (Wildman–Crippen MR) is 69.1 cm³/mol. The van der Waals surface area contributed by atoms with E-state index in [1.165, 1.54) is 7.11 Å². The van der Waals surface area contributed by atoms with Crippen LogP contribution in [0.4, 0.5) is 0 Å². The minimum Gasteiger partial charge on any atom is -0.482 e. The number of carbonyl (C=O) groups excluding carboxylic acids is 1. The number of benzene rings is 1.